The lowest BCUT2D eigenvalue weighted by Crippen LogP contribution is -2.36. The Balaban J connectivity index is 1.42. The summed E-state index contributed by atoms with van der Waals surface area (Å²) in [5, 5.41) is 2.14. The summed E-state index contributed by atoms with van der Waals surface area (Å²) >= 11 is 4.08. The average molecular weight is 571 g/mol. The average Bonchev–Trinajstić information content (AvgIpc) is 3.12. The van der Waals surface area contributed by atoms with Crippen molar-refractivity contribution in [3.8, 4) is 11.5 Å². The molecule has 7 nitrogen and oxygen atoms in total. The van der Waals surface area contributed by atoms with Crippen molar-refractivity contribution in [1.29, 1.82) is 0 Å². The van der Waals surface area contributed by atoms with Gasteiger partial charge in [-0.05, 0) is 77.5 Å². The fourth-order valence-electron chi connectivity index (χ4n) is 3.30. The fourth-order valence-corrected chi connectivity index (χ4v) is 4.40. The first-order valence-corrected chi connectivity index (χ1v) is 12.3. The predicted molar refractivity (Wildman–Crippen MR) is 139 cm³/mol. The van der Waals surface area contributed by atoms with Gasteiger partial charge in [-0.15, -0.1) is 0 Å². The number of rotatable bonds is 8. The van der Waals surface area contributed by atoms with Crippen molar-refractivity contribution in [2.45, 2.75) is 6.61 Å². The maximum atomic E-state index is 13.1. The summed E-state index contributed by atoms with van der Waals surface area (Å²) in [4.78, 5) is 38.7. The summed E-state index contributed by atoms with van der Waals surface area (Å²) in [6.07, 6.45) is 1.56. The van der Waals surface area contributed by atoms with Gasteiger partial charge >= 0.3 is 0 Å². The maximum absolute atomic E-state index is 13.1. The van der Waals surface area contributed by atoms with E-state index in [2.05, 4.69) is 21.2 Å². The lowest BCUT2D eigenvalue weighted by molar-refractivity contribution is -0.127. The van der Waals surface area contributed by atoms with Crippen molar-refractivity contribution in [3.05, 3.63) is 93.1 Å². The van der Waals surface area contributed by atoms with Crippen LogP contribution >= 0.6 is 27.7 Å². The normalized spacial score (nSPS) is 14.3. The number of carbonyl (C=O) groups excluding carboxylic acids is 3. The van der Waals surface area contributed by atoms with Gasteiger partial charge in [0.05, 0.1) is 12.0 Å². The number of benzene rings is 3. The number of halogens is 2. The van der Waals surface area contributed by atoms with Crippen molar-refractivity contribution in [2.24, 2.45) is 0 Å². The number of carbonyl (C=O) groups is 3. The summed E-state index contributed by atoms with van der Waals surface area (Å²) < 4.78 is 25.1. The topological polar surface area (TPSA) is 84.9 Å². The molecule has 3 aromatic carbocycles. The number of amides is 3. The highest BCUT2D eigenvalue weighted by atomic mass is 79.9. The quantitative estimate of drug-likeness (QED) is 0.342. The number of nitrogens with one attached hydrogen (secondary N) is 1. The molecule has 1 fully saturated rings. The van der Waals surface area contributed by atoms with Crippen LogP contribution < -0.4 is 14.8 Å². The van der Waals surface area contributed by atoms with Crippen LogP contribution in [0, 0.1) is 5.82 Å². The highest BCUT2D eigenvalue weighted by Crippen LogP contribution is 2.34. The number of nitrogens with zero attached hydrogens (tertiary/aromatic N) is 1. The van der Waals surface area contributed by atoms with Crippen molar-refractivity contribution < 1.29 is 28.2 Å². The molecular weight excluding hydrogens is 551 g/mol. The van der Waals surface area contributed by atoms with Crippen molar-refractivity contribution in [3.63, 3.8) is 0 Å². The second-order valence-electron chi connectivity index (χ2n) is 7.65. The summed E-state index contributed by atoms with van der Waals surface area (Å²) in [6.45, 7) is -0.172. The molecule has 184 valence electrons. The van der Waals surface area contributed by atoms with Crippen LogP contribution in [0.1, 0.15) is 11.1 Å². The van der Waals surface area contributed by atoms with Crippen LogP contribution in [0.4, 0.5) is 14.9 Å². The van der Waals surface area contributed by atoms with Gasteiger partial charge in [0.2, 0.25) is 5.91 Å². The first-order chi connectivity index (χ1) is 17.3. The first kappa shape index (κ1) is 25.5. The van der Waals surface area contributed by atoms with E-state index >= 15 is 0 Å². The molecule has 0 aromatic heterocycles. The molecule has 3 amide bonds. The van der Waals surface area contributed by atoms with Crippen molar-refractivity contribution in [1.82, 2.24) is 4.90 Å². The molecule has 0 unspecified atom stereocenters. The third-order valence-corrected chi connectivity index (χ3v) is 6.53. The van der Waals surface area contributed by atoms with E-state index in [1.54, 1.807) is 60.7 Å². The molecule has 0 aliphatic carbocycles. The van der Waals surface area contributed by atoms with Gasteiger partial charge in [0, 0.05) is 10.2 Å². The van der Waals surface area contributed by atoms with Gasteiger partial charge in [-0.1, -0.05) is 34.1 Å². The monoisotopic (exact) mass is 570 g/mol. The number of ether oxygens (including phenoxy) is 2. The van der Waals surface area contributed by atoms with Crippen LogP contribution in [0.25, 0.3) is 6.08 Å². The Morgan fingerprint density at radius 2 is 1.78 bits per heavy atom. The lowest BCUT2D eigenvalue weighted by Gasteiger charge is -2.13. The Labute approximate surface area is 219 Å². The van der Waals surface area contributed by atoms with Crippen LogP contribution in [0.15, 0.2) is 76.1 Å². The molecule has 3 aromatic rings. The molecular formula is C26H20BrFN2O5S. The van der Waals surface area contributed by atoms with Crippen LogP contribution in [-0.2, 0) is 16.2 Å². The Bertz CT molecular complexity index is 1330. The van der Waals surface area contributed by atoms with E-state index in [4.69, 9.17) is 9.47 Å². The number of imide groups is 1. The zero-order valence-corrected chi connectivity index (χ0v) is 21.4. The highest BCUT2D eigenvalue weighted by molar-refractivity contribution is 9.10. The molecule has 0 spiro atoms. The third-order valence-electron chi connectivity index (χ3n) is 5.10. The van der Waals surface area contributed by atoms with E-state index in [1.807, 2.05) is 0 Å². The van der Waals surface area contributed by atoms with E-state index in [0.717, 1.165) is 26.7 Å². The van der Waals surface area contributed by atoms with Crippen LogP contribution in [0.5, 0.6) is 11.5 Å². The smallest absolute Gasteiger partial charge is 0.294 e. The van der Waals surface area contributed by atoms with Crippen molar-refractivity contribution >= 4 is 56.5 Å². The van der Waals surface area contributed by atoms with E-state index < -0.39 is 23.6 Å². The Morgan fingerprint density at radius 3 is 2.47 bits per heavy atom. The lowest BCUT2D eigenvalue weighted by atomic mass is 10.1. The summed E-state index contributed by atoms with van der Waals surface area (Å²) in [5.74, 6) is -0.456. The Morgan fingerprint density at radius 1 is 1.06 bits per heavy atom. The number of hydrogen-bond acceptors (Lipinski definition) is 6. The molecule has 0 radical (unpaired) electrons. The van der Waals surface area contributed by atoms with Crippen LogP contribution in [0.2, 0.25) is 0 Å². The molecule has 1 aliphatic heterocycles. The Kier molecular flexibility index (Phi) is 8.07. The second kappa shape index (κ2) is 11.4. The molecule has 1 saturated heterocycles. The van der Waals surface area contributed by atoms with Gasteiger partial charge in [0.15, 0.2) is 11.5 Å². The molecule has 1 N–H and O–H groups in total. The molecule has 1 aliphatic rings. The van der Waals surface area contributed by atoms with Gasteiger partial charge in [-0.3, -0.25) is 19.3 Å². The van der Waals surface area contributed by atoms with E-state index in [1.165, 1.54) is 19.2 Å². The largest absolute Gasteiger partial charge is 0.493 e. The van der Waals surface area contributed by atoms with Crippen LogP contribution in [-0.4, -0.2) is 35.6 Å². The number of anilines is 1. The minimum Gasteiger partial charge on any atom is -0.493 e. The predicted octanol–water partition coefficient (Wildman–Crippen LogP) is 5.85. The number of thioether (sulfide) groups is 1. The van der Waals surface area contributed by atoms with E-state index in [9.17, 15) is 18.8 Å². The highest BCUT2D eigenvalue weighted by Gasteiger charge is 2.36. The zero-order valence-electron chi connectivity index (χ0n) is 19.0. The minimum absolute atomic E-state index is 0.193. The minimum atomic E-state index is -0.549. The summed E-state index contributed by atoms with van der Waals surface area (Å²) in [5.41, 5.74) is 1.96. The molecule has 36 heavy (non-hydrogen) atoms. The van der Waals surface area contributed by atoms with Gasteiger partial charge in [0.1, 0.15) is 19.0 Å². The number of hydrogen-bond donors (Lipinski definition) is 1. The molecule has 0 saturated carbocycles. The van der Waals surface area contributed by atoms with Crippen LogP contribution in [0.3, 0.4) is 0 Å². The first-order valence-electron chi connectivity index (χ1n) is 10.7. The molecule has 0 atom stereocenters. The van der Waals surface area contributed by atoms with E-state index in [0.29, 0.717) is 22.7 Å². The number of methoxy groups -OCH3 is 1. The standard InChI is InChI=1S/C26H20BrFN2O5S/c1-34-22-12-17(4-11-21(22)35-15-16-2-7-19(28)8-3-16)13-23-25(32)30(26(33)36-23)14-24(31)29-20-9-5-18(27)6-10-20/h2-13H,14-15H2,1H3,(H,29,31)/b23-13-. The van der Waals surface area contributed by atoms with Gasteiger partial charge in [0.25, 0.3) is 11.1 Å². The zero-order chi connectivity index (χ0) is 25.7. The molecule has 0 bridgehead atoms. The van der Waals surface area contributed by atoms with Gasteiger partial charge < -0.3 is 14.8 Å². The van der Waals surface area contributed by atoms with Crippen molar-refractivity contribution in [2.75, 3.05) is 19.0 Å². The van der Waals surface area contributed by atoms with Gasteiger partial charge in [-0.2, -0.15) is 0 Å². The Hall–Kier alpha value is -3.63. The SMILES string of the molecule is COc1cc(/C=C2\SC(=O)N(CC(=O)Nc3ccc(Br)cc3)C2=O)ccc1OCc1ccc(F)cc1. The van der Waals surface area contributed by atoms with E-state index in [-0.39, 0.29) is 17.3 Å². The molecule has 1 heterocycles. The molecule has 10 heteroatoms. The fraction of sp³-hybridized carbons (Fsp3) is 0.115. The summed E-state index contributed by atoms with van der Waals surface area (Å²) in [6, 6.07) is 18.0. The molecule has 4 rings (SSSR count). The second-order valence-corrected chi connectivity index (χ2v) is 9.56. The summed E-state index contributed by atoms with van der Waals surface area (Å²) in [7, 11) is 1.49. The maximum Gasteiger partial charge on any atom is 0.294 e. The third kappa shape index (κ3) is 6.32. The van der Waals surface area contributed by atoms with Gasteiger partial charge in [-0.25, -0.2) is 4.39 Å².